The SMILES string of the molecule is COc1cccc(-c2cc(C(=O)O)cc(Br)c2OCCO)c1. The minimum atomic E-state index is -1.03. The number of aliphatic hydroxyl groups excluding tert-OH is 1. The van der Waals surface area contributed by atoms with Gasteiger partial charge < -0.3 is 19.7 Å². The second-order valence-corrected chi connectivity index (χ2v) is 5.30. The highest BCUT2D eigenvalue weighted by molar-refractivity contribution is 9.10. The highest BCUT2D eigenvalue weighted by Gasteiger charge is 2.16. The summed E-state index contributed by atoms with van der Waals surface area (Å²) in [7, 11) is 1.56. The molecule has 0 aliphatic heterocycles. The fraction of sp³-hybridized carbons (Fsp3) is 0.188. The van der Waals surface area contributed by atoms with Gasteiger partial charge in [-0.25, -0.2) is 4.79 Å². The van der Waals surface area contributed by atoms with Crippen LogP contribution in [0.4, 0.5) is 0 Å². The van der Waals surface area contributed by atoms with Crippen LogP contribution in [-0.4, -0.2) is 36.5 Å². The molecule has 0 atom stereocenters. The standard InChI is InChI=1S/C16H15BrO5/c1-21-12-4-2-3-10(7-12)13-8-11(16(19)20)9-14(17)15(13)22-6-5-18/h2-4,7-9,18H,5-6H2,1H3,(H,19,20). The third-order valence-electron chi connectivity index (χ3n) is 3.01. The maximum absolute atomic E-state index is 11.3. The fourth-order valence-corrected chi connectivity index (χ4v) is 2.59. The van der Waals surface area contributed by atoms with Crippen molar-refractivity contribution >= 4 is 21.9 Å². The van der Waals surface area contributed by atoms with Crippen molar-refractivity contribution in [3.63, 3.8) is 0 Å². The van der Waals surface area contributed by atoms with Gasteiger partial charge in [-0.05, 0) is 45.8 Å². The van der Waals surface area contributed by atoms with Gasteiger partial charge in [0.2, 0.25) is 0 Å². The Balaban J connectivity index is 2.60. The Bertz CT molecular complexity index is 684. The Hall–Kier alpha value is -2.05. The summed E-state index contributed by atoms with van der Waals surface area (Å²) in [5.74, 6) is 0.105. The molecule has 0 radical (unpaired) electrons. The molecule has 22 heavy (non-hydrogen) atoms. The zero-order valence-electron chi connectivity index (χ0n) is 11.9. The molecule has 0 aliphatic rings. The Labute approximate surface area is 136 Å². The van der Waals surface area contributed by atoms with Crippen molar-refractivity contribution in [1.29, 1.82) is 0 Å². The van der Waals surface area contributed by atoms with Crippen LogP contribution >= 0.6 is 15.9 Å². The van der Waals surface area contributed by atoms with Crippen LogP contribution in [0.3, 0.4) is 0 Å². The first-order valence-electron chi connectivity index (χ1n) is 6.51. The van der Waals surface area contributed by atoms with E-state index in [1.54, 1.807) is 19.2 Å². The number of methoxy groups -OCH3 is 1. The van der Waals surface area contributed by atoms with Crippen LogP contribution in [-0.2, 0) is 0 Å². The van der Waals surface area contributed by atoms with E-state index in [4.69, 9.17) is 14.6 Å². The van der Waals surface area contributed by atoms with Crippen molar-refractivity contribution in [3.8, 4) is 22.6 Å². The fourth-order valence-electron chi connectivity index (χ4n) is 2.02. The summed E-state index contributed by atoms with van der Waals surface area (Å²) < 4.78 is 11.3. The van der Waals surface area contributed by atoms with E-state index >= 15 is 0 Å². The van der Waals surface area contributed by atoms with Crippen molar-refractivity contribution < 1.29 is 24.5 Å². The number of carbonyl (C=O) groups is 1. The van der Waals surface area contributed by atoms with E-state index in [2.05, 4.69) is 15.9 Å². The van der Waals surface area contributed by atoms with Gasteiger partial charge in [-0.3, -0.25) is 0 Å². The maximum atomic E-state index is 11.3. The molecule has 0 unspecified atom stereocenters. The van der Waals surface area contributed by atoms with Gasteiger partial charge >= 0.3 is 5.97 Å². The Morgan fingerprint density at radius 2 is 2.05 bits per heavy atom. The van der Waals surface area contributed by atoms with Gasteiger partial charge in [0.1, 0.15) is 18.1 Å². The molecule has 0 saturated carbocycles. The van der Waals surface area contributed by atoms with Gasteiger partial charge in [0.15, 0.2) is 0 Å². The molecule has 0 amide bonds. The van der Waals surface area contributed by atoms with E-state index in [9.17, 15) is 9.90 Å². The Morgan fingerprint density at radius 3 is 2.68 bits per heavy atom. The summed E-state index contributed by atoms with van der Waals surface area (Å²) in [6, 6.07) is 10.2. The quantitative estimate of drug-likeness (QED) is 0.820. The summed E-state index contributed by atoms with van der Waals surface area (Å²) >= 11 is 3.33. The molecule has 0 spiro atoms. The average Bonchev–Trinajstić information content (AvgIpc) is 2.53. The van der Waals surface area contributed by atoms with Crippen molar-refractivity contribution in [2.75, 3.05) is 20.3 Å². The number of benzene rings is 2. The third-order valence-corrected chi connectivity index (χ3v) is 3.60. The van der Waals surface area contributed by atoms with Crippen molar-refractivity contribution in [2.24, 2.45) is 0 Å². The van der Waals surface area contributed by atoms with Crippen LogP contribution in [0.1, 0.15) is 10.4 Å². The first-order chi connectivity index (χ1) is 10.6. The lowest BCUT2D eigenvalue weighted by molar-refractivity contribution is 0.0696. The van der Waals surface area contributed by atoms with Gasteiger partial charge in [-0.1, -0.05) is 12.1 Å². The summed E-state index contributed by atoms with van der Waals surface area (Å²) in [6.45, 7) is -0.0212. The van der Waals surface area contributed by atoms with E-state index in [0.717, 1.165) is 5.56 Å². The number of aliphatic hydroxyl groups is 1. The number of rotatable bonds is 6. The molecule has 0 aromatic heterocycles. The van der Waals surface area contributed by atoms with E-state index in [1.165, 1.54) is 12.1 Å². The number of hydrogen-bond acceptors (Lipinski definition) is 4. The molecule has 2 aromatic carbocycles. The largest absolute Gasteiger partial charge is 0.497 e. The van der Waals surface area contributed by atoms with Crippen LogP contribution in [0.15, 0.2) is 40.9 Å². The maximum Gasteiger partial charge on any atom is 0.335 e. The highest BCUT2D eigenvalue weighted by Crippen LogP contribution is 2.38. The van der Waals surface area contributed by atoms with E-state index in [-0.39, 0.29) is 18.8 Å². The molecule has 0 heterocycles. The second kappa shape index (κ2) is 7.29. The van der Waals surface area contributed by atoms with Crippen LogP contribution < -0.4 is 9.47 Å². The van der Waals surface area contributed by atoms with Crippen molar-refractivity contribution in [3.05, 3.63) is 46.4 Å². The summed E-state index contributed by atoms with van der Waals surface area (Å²) in [5.41, 5.74) is 1.51. The molecule has 0 bridgehead atoms. The first kappa shape index (κ1) is 16.3. The topological polar surface area (TPSA) is 76.0 Å². The van der Waals surface area contributed by atoms with E-state index in [1.807, 2.05) is 12.1 Å². The van der Waals surface area contributed by atoms with Gasteiger partial charge in [0, 0.05) is 5.56 Å². The lowest BCUT2D eigenvalue weighted by Crippen LogP contribution is -2.05. The monoisotopic (exact) mass is 366 g/mol. The number of aromatic carboxylic acids is 1. The van der Waals surface area contributed by atoms with Crippen molar-refractivity contribution in [1.82, 2.24) is 0 Å². The minimum absolute atomic E-state index is 0.113. The molecular formula is C16H15BrO5. The molecule has 0 saturated heterocycles. The minimum Gasteiger partial charge on any atom is -0.497 e. The van der Waals surface area contributed by atoms with Crippen LogP contribution in [0.25, 0.3) is 11.1 Å². The normalized spacial score (nSPS) is 10.3. The molecule has 2 rings (SSSR count). The highest BCUT2D eigenvalue weighted by atomic mass is 79.9. The number of carboxylic acids is 1. The van der Waals surface area contributed by atoms with E-state index in [0.29, 0.717) is 21.5 Å². The summed E-state index contributed by atoms with van der Waals surface area (Å²) in [5, 5.41) is 18.2. The van der Waals surface area contributed by atoms with Gasteiger partial charge in [0.05, 0.1) is 23.8 Å². The van der Waals surface area contributed by atoms with Gasteiger partial charge in [0.25, 0.3) is 0 Å². The molecule has 6 heteroatoms. The van der Waals surface area contributed by atoms with Crippen LogP contribution in [0.2, 0.25) is 0 Å². The molecule has 0 aliphatic carbocycles. The molecular weight excluding hydrogens is 352 g/mol. The Kier molecular flexibility index (Phi) is 5.41. The molecule has 5 nitrogen and oxygen atoms in total. The van der Waals surface area contributed by atoms with Gasteiger partial charge in [-0.15, -0.1) is 0 Å². The van der Waals surface area contributed by atoms with Crippen LogP contribution in [0.5, 0.6) is 11.5 Å². The third kappa shape index (κ3) is 3.58. The average molecular weight is 367 g/mol. The number of hydrogen-bond donors (Lipinski definition) is 2. The van der Waals surface area contributed by atoms with Gasteiger partial charge in [-0.2, -0.15) is 0 Å². The molecule has 0 fully saturated rings. The molecule has 2 N–H and O–H groups in total. The predicted molar refractivity (Wildman–Crippen MR) is 85.7 cm³/mol. The predicted octanol–water partition coefficient (Wildman–Crippen LogP) is 3.19. The zero-order chi connectivity index (χ0) is 16.1. The van der Waals surface area contributed by atoms with E-state index < -0.39 is 5.97 Å². The second-order valence-electron chi connectivity index (χ2n) is 4.44. The number of halogens is 1. The molecule has 116 valence electrons. The summed E-state index contributed by atoms with van der Waals surface area (Å²) in [6.07, 6.45) is 0. The number of ether oxygens (including phenoxy) is 2. The lowest BCUT2D eigenvalue weighted by Gasteiger charge is -2.14. The number of carboxylic acid groups (broad SMARTS) is 1. The summed E-state index contributed by atoms with van der Waals surface area (Å²) in [4.78, 5) is 11.3. The first-order valence-corrected chi connectivity index (χ1v) is 7.31. The Morgan fingerprint density at radius 1 is 1.27 bits per heavy atom. The van der Waals surface area contributed by atoms with Crippen molar-refractivity contribution in [2.45, 2.75) is 0 Å². The lowest BCUT2D eigenvalue weighted by atomic mass is 10.0. The van der Waals surface area contributed by atoms with Crippen LogP contribution in [0, 0.1) is 0 Å². The molecule has 2 aromatic rings. The zero-order valence-corrected chi connectivity index (χ0v) is 13.5. The smallest absolute Gasteiger partial charge is 0.335 e.